The Morgan fingerprint density at radius 1 is 1.27 bits per heavy atom. The zero-order valence-corrected chi connectivity index (χ0v) is 10.0. The molecule has 0 fully saturated rings. The van der Waals surface area contributed by atoms with Crippen molar-refractivity contribution in [1.29, 1.82) is 0 Å². The van der Waals surface area contributed by atoms with Crippen LogP contribution < -0.4 is 5.32 Å². The minimum atomic E-state index is 0.215. The van der Waals surface area contributed by atoms with Gasteiger partial charge in [-0.15, -0.1) is 11.3 Å². The summed E-state index contributed by atoms with van der Waals surface area (Å²) in [4.78, 5) is 0. The summed E-state index contributed by atoms with van der Waals surface area (Å²) >= 11 is 1.72. The van der Waals surface area contributed by atoms with Crippen molar-refractivity contribution in [3.05, 3.63) is 40.0 Å². The van der Waals surface area contributed by atoms with Gasteiger partial charge in [0.05, 0.1) is 6.04 Å². The zero-order chi connectivity index (χ0) is 10.8. The molecule has 0 radical (unpaired) electrons. The molecule has 2 rings (SSSR count). The van der Waals surface area contributed by atoms with E-state index in [1.165, 1.54) is 11.3 Å². The van der Waals surface area contributed by atoms with E-state index in [0.717, 1.165) is 11.5 Å². The third-order valence-electron chi connectivity index (χ3n) is 2.42. The van der Waals surface area contributed by atoms with E-state index in [4.69, 9.17) is 4.42 Å². The van der Waals surface area contributed by atoms with Gasteiger partial charge >= 0.3 is 0 Å². The Morgan fingerprint density at radius 2 is 2.07 bits per heavy atom. The highest BCUT2D eigenvalue weighted by molar-refractivity contribution is 7.08. The van der Waals surface area contributed by atoms with Gasteiger partial charge in [0.15, 0.2) is 0 Å². The van der Waals surface area contributed by atoms with Crippen LogP contribution >= 0.6 is 11.3 Å². The molecule has 0 aliphatic heterocycles. The monoisotopic (exact) mass is 221 g/mol. The predicted octanol–water partition coefficient (Wildman–Crippen LogP) is 4.13. The summed E-state index contributed by atoms with van der Waals surface area (Å²) in [7, 11) is 0. The summed E-state index contributed by atoms with van der Waals surface area (Å²) in [6.45, 7) is 6.18. The van der Waals surface area contributed by atoms with Crippen LogP contribution in [0.3, 0.4) is 0 Å². The molecule has 80 valence electrons. The summed E-state index contributed by atoms with van der Waals surface area (Å²) in [6.07, 6.45) is 0. The molecule has 2 nitrogen and oxygen atoms in total. The number of hydrogen-bond acceptors (Lipinski definition) is 3. The van der Waals surface area contributed by atoms with E-state index in [1.54, 1.807) is 11.3 Å². The third-order valence-corrected chi connectivity index (χ3v) is 3.28. The second-order valence-corrected chi connectivity index (χ2v) is 4.53. The van der Waals surface area contributed by atoms with Crippen molar-refractivity contribution in [2.75, 3.05) is 5.32 Å². The van der Waals surface area contributed by atoms with Crippen molar-refractivity contribution in [3.8, 4) is 0 Å². The largest absolute Gasteiger partial charge is 0.464 e. The Kier molecular flexibility index (Phi) is 2.82. The van der Waals surface area contributed by atoms with Crippen LogP contribution in [0.4, 0.5) is 5.69 Å². The van der Waals surface area contributed by atoms with Crippen molar-refractivity contribution in [3.63, 3.8) is 0 Å². The summed E-state index contributed by atoms with van der Waals surface area (Å²) < 4.78 is 5.57. The van der Waals surface area contributed by atoms with Crippen LogP contribution in [0.25, 0.3) is 0 Å². The van der Waals surface area contributed by atoms with Gasteiger partial charge in [0.1, 0.15) is 11.5 Å². The molecule has 0 aromatic carbocycles. The van der Waals surface area contributed by atoms with Crippen LogP contribution in [-0.2, 0) is 0 Å². The second-order valence-electron chi connectivity index (χ2n) is 3.78. The number of rotatable bonds is 3. The lowest BCUT2D eigenvalue weighted by molar-refractivity contribution is 0.467. The van der Waals surface area contributed by atoms with Crippen LogP contribution in [-0.4, -0.2) is 0 Å². The van der Waals surface area contributed by atoms with Crippen molar-refractivity contribution in [2.45, 2.75) is 26.8 Å². The molecule has 3 heteroatoms. The van der Waals surface area contributed by atoms with Gasteiger partial charge in [-0.3, -0.25) is 0 Å². The number of anilines is 1. The van der Waals surface area contributed by atoms with Crippen molar-refractivity contribution in [2.24, 2.45) is 0 Å². The molecule has 2 aromatic rings. The maximum atomic E-state index is 5.57. The van der Waals surface area contributed by atoms with Gasteiger partial charge in [-0.1, -0.05) is 0 Å². The first-order valence-electron chi connectivity index (χ1n) is 5.02. The summed E-state index contributed by atoms with van der Waals surface area (Å²) in [5, 5.41) is 7.70. The predicted molar refractivity (Wildman–Crippen MR) is 64.5 cm³/mol. The molecule has 2 heterocycles. The normalized spacial score (nSPS) is 12.7. The fourth-order valence-electron chi connectivity index (χ4n) is 1.50. The van der Waals surface area contributed by atoms with Gasteiger partial charge in [0.2, 0.25) is 0 Å². The topological polar surface area (TPSA) is 25.2 Å². The lowest BCUT2D eigenvalue weighted by atomic mass is 10.2. The molecule has 1 unspecified atom stereocenters. The molecular formula is C12H15NOS. The van der Waals surface area contributed by atoms with E-state index in [1.807, 2.05) is 19.1 Å². The smallest absolute Gasteiger partial charge is 0.126 e. The molecule has 0 amide bonds. The van der Waals surface area contributed by atoms with Crippen molar-refractivity contribution >= 4 is 17.0 Å². The van der Waals surface area contributed by atoms with Crippen LogP contribution in [0.1, 0.15) is 30.0 Å². The van der Waals surface area contributed by atoms with E-state index >= 15 is 0 Å². The van der Waals surface area contributed by atoms with Gasteiger partial charge in [0.25, 0.3) is 0 Å². The quantitative estimate of drug-likeness (QED) is 0.843. The van der Waals surface area contributed by atoms with Gasteiger partial charge in [-0.25, -0.2) is 0 Å². The summed E-state index contributed by atoms with van der Waals surface area (Å²) in [5.74, 6) is 1.94. The minimum Gasteiger partial charge on any atom is -0.464 e. The highest BCUT2D eigenvalue weighted by Gasteiger charge is 2.10. The standard InChI is InChI=1S/C12H15NOS/c1-8-6-15-7-11(8)13-10(3)12-5-4-9(2)14-12/h4-7,10,13H,1-3H3. The maximum absolute atomic E-state index is 5.57. The van der Waals surface area contributed by atoms with Crippen molar-refractivity contribution < 1.29 is 4.42 Å². The molecule has 1 atom stereocenters. The maximum Gasteiger partial charge on any atom is 0.126 e. The Bertz CT molecular complexity index is 444. The lowest BCUT2D eigenvalue weighted by Crippen LogP contribution is -2.05. The average molecular weight is 221 g/mol. The van der Waals surface area contributed by atoms with Gasteiger partial charge in [-0.05, 0) is 43.8 Å². The Labute approximate surface area is 93.9 Å². The second kappa shape index (κ2) is 4.11. The molecule has 0 aliphatic carbocycles. The van der Waals surface area contributed by atoms with E-state index < -0.39 is 0 Å². The SMILES string of the molecule is Cc1ccc(C(C)Nc2cscc2C)o1. The highest BCUT2D eigenvalue weighted by atomic mass is 32.1. The zero-order valence-electron chi connectivity index (χ0n) is 9.20. The average Bonchev–Trinajstić information content (AvgIpc) is 2.77. The van der Waals surface area contributed by atoms with Crippen LogP contribution in [0, 0.1) is 13.8 Å². The molecule has 0 saturated heterocycles. The third kappa shape index (κ3) is 2.23. The van der Waals surface area contributed by atoms with Gasteiger partial charge in [0, 0.05) is 11.1 Å². The van der Waals surface area contributed by atoms with Crippen LogP contribution in [0.2, 0.25) is 0 Å². The minimum absolute atomic E-state index is 0.215. The molecule has 0 saturated carbocycles. The molecule has 0 spiro atoms. The lowest BCUT2D eigenvalue weighted by Gasteiger charge is -2.12. The Hall–Kier alpha value is -1.22. The number of hydrogen-bond donors (Lipinski definition) is 1. The Balaban J connectivity index is 2.10. The first-order valence-corrected chi connectivity index (χ1v) is 5.97. The first kappa shape index (κ1) is 10.3. The summed E-state index contributed by atoms with van der Waals surface area (Å²) in [6, 6.07) is 4.23. The Morgan fingerprint density at radius 3 is 2.60 bits per heavy atom. The van der Waals surface area contributed by atoms with E-state index in [0.29, 0.717) is 0 Å². The van der Waals surface area contributed by atoms with E-state index in [9.17, 15) is 0 Å². The molecule has 15 heavy (non-hydrogen) atoms. The molecule has 1 N–H and O–H groups in total. The fraction of sp³-hybridized carbons (Fsp3) is 0.333. The fourth-order valence-corrected chi connectivity index (χ4v) is 2.29. The number of thiophene rings is 1. The van der Waals surface area contributed by atoms with Gasteiger partial charge < -0.3 is 9.73 Å². The van der Waals surface area contributed by atoms with E-state index in [2.05, 4.69) is 29.9 Å². The van der Waals surface area contributed by atoms with Crippen LogP contribution in [0.15, 0.2) is 27.3 Å². The molecule has 0 aliphatic rings. The highest BCUT2D eigenvalue weighted by Crippen LogP contribution is 2.25. The number of aryl methyl sites for hydroxylation is 2. The first-order chi connectivity index (χ1) is 7.16. The van der Waals surface area contributed by atoms with Crippen molar-refractivity contribution in [1.82, 2.24) is 0 Å². The molecular weight excluding hydrogens is 206 g/mol. The molecule has 0 bridgehead atoms. The van der Waals surface area contributed by atoms with Gasteiger partial charge in [-0.2, -0.15) is 0 Å². The van der Waals surface area contributed by atoms with Crippen LogP contribution in [0.5, 0.6) is 0 Å². The number of nitrogens with one attached hydrogen (secondary N) is 1. The number of furan rings is 1. The molecule has 2 aromatic heterocycles. The summed E-state index contributed by atoms with van der Waals surface area (Å²) in [5.41, 5.74) is 2.48. The van der Waals surface area contributed by atoms with E-state index in [-0.39, 0.29) is 6.04 Å².